The molecule has 5 rings (SSSR count). The van der Waals surface area contributed by atoms with Gasteiger partial charge in [-0.05, 0) is 61.4 Å². The topological polar surface area (TPSA) is 58.7 Å². The number of carbonyl (C=O) groups is 2. The van der Waals surface area contributed by atoms with E-state index < -0.39 is 11.7 Å². The van der Waals surface area contributed by atoms with Gasteiger partial charge in [-0.25, -0.2) is 0 Å². The maximum absolute atomic E-state index is 13.6. The smallest absolute Gasteiger partial charge is 0.416 e. The van der Waals surface area contributed by atoms with Gasteiger partial charge in [0.05, 0.1) is 18.4 Å². The zero-order valence-electron chi connectivity index (χ0n) is 20.5. The molecule has 1 aliphatic rings. The fourth-order valence-electron chi connectivity index (χ4n) is 4.84. The summed E-state index contributed by atoms with van der Waals surface area (Å²) < 4.78 is 46.2. The van der Waals surface area contributed by atoms with Crippen molar-refractivity contribution in [2.24, 2.45) is 0 Å². The molecule has 0 N–H and O–H groups in total. The highest BCUT2D eigenvalue weighted by molar-refractivity contribution is 5.98. The molecule has 0 saturated carbocycles. The third kappa shape index (κ3) is 4.73. The number of piperazine rings is 1. The predicted octanol–water partition coefficient (Wildman–Crippen LogP) is 5.60. The van der Waals surface area contributed by atoms with Crippen molar-refractivity contribution in [1.29, 1.82) is 0 Å². The molecule has 0 bridgehead atoms. The highest BCUT2D eigenvalue weighted by Gasteiger charge is 2.34. The van der Waals surface area contributed by atoms with E-state index in [9.17, 15) is 22.8 Å². The van der Waals surface area contributed by atoms with Gasteiger partial charge in [0, 0.05) is 36.6 Å². The van der Waals surface area contributed by atoms with Crippen molar-refractivity contribution < 1.29 is 27.2 Å². The van der Waals surface area contributed by atoms with Crippen LogP contribution >= 0.6 is 0 Å². The Labute approximate surface area is 211 Å². The van der Waals surface area contributed by atoms with Gasteiger partial charge in [-0.15, -0.1) is 0 Å². The lowest BCUT2D eigenvalue weighted by molar-refractivity contribution is -0.137. The molecular formula is C28H26F3N3O3. The zero-order valence-corrected chi connectivity index (χ0v) is 20.5. The molecule has 2 aromatic heterocycles. The molecule has 1 saturated heterocycles. The minimum Gasteiger partial charge on any atom is -0.448 e. The quantitative estimate of drug-likeness (QED) is 0.360. The van der Waals surface area contributed by atoms with E-state index in [-0.39, 0.29) is 30.0 Å². The number of hydrogen-bond acceptors (Lipinski definition) is 3. The Morgan fingerprint density at radius 1 is 1.00 bits per heavy atom. The fraction of sp³-hybridized carbons (Fsp3) is 0.286. The number of alkyl halides is 3. The van der Waals surface area contributed by atoms with E-state index >= 15 is 0 Å². The first-order valence-electron chi connectivity index (χ1n) is 12.0. The minimum atomic E-state index is -4.46. The number of hydrogen-bond donors (Lipinski definition) is 0. The largest absolute Gasteiger partial charge is 0.448 e. The maximum Gasteiger partial charge on any atom is 0.416 e. The van der Waals surface area contributed by atoms with Crippen molar-refractivity contribution in [3.05, 3.63) is 94.9 Å². The molecule has 6 nitrogen and oxygen atoms in total. The average Bonchev–Trinajstić information content (AvgIpc) is 3.46. The van der Waals surface area contributed by atoms with E-state index in [0.717, 1.165) is 28.6 Å². The Hall–Kier alpha value is -4.01. The lowest BCUT2D eigenvalue weighted by Crippen LogP contribution is -2.55. The number of aromatic nitrogens is 1. The molecule has 1 unspecified atom stereocenters. The molecule has 2 aromatic carbocycles. The summed E-state index contributed by atoms with van der Waals surface area (Å²) in [5.74, 6) is -0.512. The van der Waals surface area contributed by atoms with Crippen molar-refractivity contribution >= 4 is 22.9 Å². The number of benzene rings is 2. The van der Waals surface area contributed by atoms with Crippen LogP contribution in [0.1, 0.15) is 44.5 Å². The molecule has 1 fully saturated rings. The Morgan fingerprint density at radius 2 is 1.73 bits per heavy atom. The number of furan rings is 1. The van der Waals surface area contributed by atoms with Crippen LogP contribution in [0.5, 0.6) is 0 Å². The van der Waals surface area contributed by atoms with Crippen LogP contribution in [0.3, 0.4) is 0 Å². The maximum atomic E-state index is 13.6. The summed E-state index contributed by atoms with van der Waals surface area (Å²) >= 11 is 0. The molecule has 2 amide bonds. The molecule has 1 atom stereocenters. The fourth-order valence-corrected chi connectivity index (χ4v) is 4.84. The van der Waals surface area contributed by atoms with Gasteiger partial charge in [-0.2, -0.15) is 13.2 Å². The molecule has 192 valence electrons. The van der Waals surface area contributed by atoms with Gasteiger partial charge in [0.2, 0.25) is 5.71 Å². The third-order valence-electron chi connectivity index (χ3n) is 6.95. The van der Waals surface area contributed by atoms with Gasteiger partial charge >= 0.3 is 6.18 Å². The number of aryl methyl sites for hydroxylation is 1. The molecular weight excluding hydrogens is 483 g/mol. The van der Waals surface area contributed by atoms with Gasteiger partial charge in [0.1, 0.15) is 5.69 Å². The predicted molar refractivity (Wildman–Crippen MR) is 132 cm³/mol. The molecule has 4 aromatic rings. The van der Waals surface area contributed by atoms with Crippen LogP contribution in [-0.2, 0) is 12.7 Å². The molecule has 9 heteroatoms. The summed E-state index contributed by atoms with van der Waals surface area (Å²) in [5.41, 5.74) is 2.70. The van der Waals surface area contributed by atoms with Crippen molar-refractivity contribution in [1.82, 2.24) is 14.4 Å². The zero-order chi connectivity index (χ0) is 26.3. The van der Waals surface area contributed by atoms with Crippen molar-refractivity contribution in [2.75, 3.05) is 19.6 Å². The summed E-state index contributed by atoms with van der Waals surface area (Å²) in [4.78, 5) is 30.0. The van der Waals surface area contributed by atoms with E-state index in [4.69, 9.17) is 4.42 Å². The monoisotopic (exact) mass is 509 g/mol. The van der Waals surface area contributed by atoms with Crippen LogP contribution in [0, 0.1) is 6.92 Å². The Bertz CT molecular complexity index is 1450. The molecule has 1 aliphatic heterocycles. The average molecular weight is 510 g/mol. The molecule has 0 aliphatic carbocycles. The summed E-state index contributed by atoms with van der Waals surface area (Å²) in [6.07, 6.45) is -2.86. The lowest BCUT2D eigenvalue weighted by Gasteiger charge is -2.40. The van der Waals surface area contributed by atoms with Crippen molar-refractivity contribution in [3.8, 4) is 0 Å². The first kappa shape index (κ1) is 24.7. The second-order valence-corrected chi connectivity index (χ2v) is 9.40. The Balaban J connectivity index is 1.33. The highest BCUT2D eigenvalue weighted by atomic mass is 19.4. The molecule has 0 radical (unpaired) electrons. The lowest BCUT2D eigenvalue weighted by atomic mass is 10.1. The van der Waals surface area contributed by atoms with Crippen LogP contribution in [0.2, 0.25) is 0 Å². The van der Waals surface area contributed by atoms with Crippen LogP contribution in [0.25, 0.3) is 11.1 Å². The van der Waals surface area contributed by atoms with E-state index in [0.29, 0.717) is 31.0 Å². The second kappa shape index (κ2) is 9.46. The molecule has 0 spiro atoms. The van der Waals surface area contributed by atoms with Crippen LogP contribution < -0.4 is 0 Å². The summed E-state index contributed by atoms with van der Waals surface area (Å²) in [5, 5.41) is 0.834. The van der Waals surface area contributed by atoms with E-state index in [1.165, 1.54) is 12.1 Å². The Kier molecular flexibility index (Phi) is 6.31. The number of fused-ring (bicyclic) bond motifs is 1. The number of rotatable bonds is 4. The summed E-state index contributed by atoms with van der Waals surface area (Å²) in [7, 11) is 0. The van der Waals surface area contributed by atoms with Gasteiger partial charge in [-0.1, -0.05) is 24.3 Å². The van der Waals surface area contributed by atoms with Gasteiger partial charge in [0.15, 0.2) is 0 Å². The summed E-state index contributed by atoms with van der Waals surface area (Å²) in [6, 6.07) is 15.5. The first-order valence-corrected chi connectivity index (χ1v) is 12.0. The second-order valence-electron chi connectivity index (χ2n) is 9.40. The van der Waals surface area contributed by atoms with Gasteiger partial charge in [-0.3, -0.25) is 9.59 Å². The van der Waals surface area contributed by atoms with E-state index in [1.807, 2.05) is 54.8 Å². The van der Waals surface area contributed by atoms with Crippen LogP contribution in [0.4, 0.5) is 13.2 Å². The summed E-state index contributed by atoms with van der Waals surface area (Å²) in [6.45, 7) is 5.23. The molecule has 37 heavy (non-hydrogen) atoms. The molecule has 3 heterocycles. The Morgan fingerprint density at radius 3 is 2.41 bits per heavy atom. The van der Waals surface area contributed by atoms with Gasteiger partial charge in [0.25, 0.3) is 11.8 Å². The number of amides is 2. The number of carbonyl (C=O) groups excluding carboxylic acids is 2. The standard InChI is InChI=1S/C28H26F3N3O3/c1-18-5-3-4-6-22(18)17-34-24(15-21-11-14-37-27(21)34)26(36)32-12-13-33(19(2)16-32)25(35)20-7-9-23(10-8-20)28(29,30)31/h3-11,14-15,19H,12-13,16-17H2,1-2H3. The van der Waals surface area contributed by atoms with Crippen molar-refractivity contribution in [3.63, 3.8) is 0 Å². The highest BCUT2D eigenvalue weighted by Crippen LogP contribution is 2.30. The van der Waals surface area contributed by atoms with Crippen LogP contribution in [-0.4, -0.2) is 51.9 Å². The van der Waals surface area contributed by atoms with E-state index in [2.05, 4.69) is 0 Å². The number of nitrogens with zero attached hydrogens (tertiary/aromatic N) is 3. The third-order valence-corrected chi connectivity index (χ3v) is 6.95. The van der Waals surface area contributed by atoms with Crippen LogP contribution in [0.15, 0.2) is 71.3 Å². The number of halogens is 3. The minimum absolute atomic E-state index is 0.159. The van der Waals surface area contributed by atoms with E-state index in [1.54, 1.807) is 16.1 Å². The normalized spacial score (nSPS) is 16.4. The van der Waals surface area contributed by atoms with Gasteiger partial charge < -0.3 is 18.8 Å². The SMILES string of the molecule is Cc1ccccc1Cn1c(C(=O)N2CCN(C(=O)c3ccc(C(F)(F)F)cc3)C(C)C2)cc2ccoc21. The van der Waals surface area contributed by atoms with Crippen molar-refractivity contribution in [2.45, 2.75) is 32.6 Å². The first-order chi connectivity index (χ1) is 17.6.